The Bertz CT molecular complexity index is 436. The summed E-state index contributed by atoms with van der Waals surface area (Å²) in [5.74, 6) is -0.646. The molecule has 15 heavy (non-hydrogen) atoms. The van der Waals surface area contributed by atoms with Gasteiger partial charge in [-0.05, 0) is 12.8 Å². The van der Waals surface area contributed by atoms with Crippen molar-refractivity contribution >= 4 is 11.8 Å². The molecule has 2 rings (SSSR count). The average Bonchev–Trinajstić information content (AvgIpc) is 2.98. The van der Waals surface area contributed by atoms with Crippen molar-refractivity contribution in [2.45, 2.75) is 12.8 Å². The third-order valence-corrected chi connectivity index (χ3v) is 2.61. The van der Waals surface area contributed by atoms with Gasteiger partial charge in [-0.25, -0.2) is 4.98 Å². The van der Waals surface area contributed by atoms with Crippen LogP contribution >= 0.6 is 0 Å². The molecule has 0 spiro atoms. The molecule has 3 N–H and O–H groups in total. The van der Waals surface area contributed by atoms with Crippen molar-refractivity contribution in [3.05, 3.63) is 22.7 Å². The number of carboxylic acid groups (broad SMARTS) is 1. The number of nitrogens with zero attached hydrogens (tertiary/aromatic N) is 1. The van der Waals surface area contributed by atoms with E-state index in [0.717, 1.165) is 0 Å². The van der Waals surface area contributed by atoms with Crippen LogP contribution in [-0.4, -0.2) is 27.6 Å². The van der Waals surface area contributed by atoms with Gasteiger partial charge in [0, 0.05) is 18.9 Å². The fourth-order valence-electron chi connectivity index (χ4n) is 1.35. The van der Waals surface area contributed by atoms with Gasteiger partial charge in [0.05, 0.1) is 5.41 Å². The van der Waals surface area contributed by atoms with Crippen molar-refractivity contribution < 1.29 is 9.90 Å². The molecule has 0 radical (unpaired) electrons. The number of aliphatic carboxylic acids is 1. The van der Waals surface area contributed by atoms with E-state index >= 15 is 0 Å². The number of nitrogens with one attached hydrogen (secondary N) is 2. The van der Waals surface area contributed by atoms with Gasteiger partial charge in [-0.2, -0.15) is 0 Å². The normalized spacial score (nSPS) is 17.1. The summed E-state index contributed by atoms with van der Waals surface area (Å²) in [6.45, 7) is 0.252. The summed E-state index contributed by atoms with van der Waals surface area (Å²) in [6, 6.07) is 0. The summed E-state index contributed by atoms with van der Waals surface area (Å²) in [5, 5.41) is 11.7. The zero-order chi connectivity index (χ0) is 10.9. The Morgan fingerprint density at radius 1 is 1.67 bits per heavy atom. The molecule has 6 nitrogen and oxygen atoms in total. The van der Waals surface area contributed by atoms with E-state index in [1.165, 1.54) is 12.4 Å². The van der Waals surface area contributed by atoms with Crippen molar-refractivity contribution in [2.75, 3.05) is 11.9 Å². The van der Waals surface area contributed by atoms with Crippen LogP contribution in [0.15, 0.2) is 17.2 Å². The summed E-state index contributed by atoms with van der Waals surface area (Å²) >= 11 is 0. The minimum Gasteiger partial charge on any atom is -0.481 e. The van der Waals surface area contributed by atoms with E-state index in [4.69, 9.17) is 5.11 Å². The SMILES string of the molecule is O=C(O)C1(CNc2ncc[nH]c2=O)CC1. The fraction of sp³-hybridized carbons (Fsp3) is 0.444. The van der Waals surface area contributed by atoms with E-state index in [1.54, 1.807) is 0 Å². The van der Waals surface area contributed by atoms with Crippen molar-refractivity contribution in [3.63, 3.8) is 0 Å². The maximum Gasteiger partial charge on any atom is 0.311 e. The highest BCUT2D eigenvalue weighted by Crippen LogP contribution is 2.45. The van der Waals surface area contributed by atoms with Crippen molar-refractivity contribution in [1.29, 1.82) is 0 Å². The smallest absolute Gasteiger partial charge is 0.311 e. The standard InChI is InChI=1S/C9H11N3O3/c13-7-6(10-3-4-11-7)12-5-9(1-2-9)8(14)15/h3-4H,1-2,5H2,(H,10,12)(H,11,13)(H,14,15). The molecule has 0 aliphatic heterocycles. The number of carbonyl (C=O) groups is 1. The molecule has 0 unspecified atom stereocenters. The number of carboxylic acids is 1. The molecule has 0 atom stereocenters. The van der Waals surface area contributed by atoms with Crippen molar-refractivity contribution in [2.24, 2.45) is 5.41 Å². The molecule has 0 amide bonds. The van der Waals surface area contributed by atoms with Gasteiger partial charge < -0.3 is 15.4 Å². The number of hydrogen-bond donors (Lipinski definition) is 3. The summed E-state index contributed by atoms with van der Waals surface area (Å²) in [5.41, 5.74) is -1.03. The van der Waals surface area contributed by atoms with Gasteiger partial charge >= 0.3 is 5.97 Å². The number of rotatable bonds is 4. The minimum absolute atomic E-state index is 0.171. The van der Waals surface area contributed by atoms with Gasteiger partial charge in [0.2, 0.25) is 0 Å². The lowest BCUT2D eigenvalue weighted by atomic mass is 10.1. The Kier molecular flexibility index (Phi) is 2.18. The second-order valence-electron chi connectivity index (χ2n) is 3.71. The Morgan fingerprint density at radius 3 is 2.93 bits per heavy atom. The summed E-state index contributed by atoms with van der Waals surface area (Å²) in [6.07, 6.45) is 4.18. The van der Waals surface area contributed by atoms with E-state index < -0.39 is 11.4 Å². The van der Waals surface area contributed by atoms with Crippen molar-refractivity contribution in [3.8, 4) is 0 Å². The monoisotopic (exact) mass is 209 g/mol. The molecule has 0 saturated heterocycles. The second kappa shape index (κ2) is 3.38. The summed E-state index contributed by atoms with van der Waals surface area (Å²) in [7, 11) is 0. The zero-order valence-electron chi connectivity index (χ0n) is 7.99. The predicted octanol–water partition coefficient (Wildman–Crippen LogP) is 0.0466. The maximum absolute atomic E-state index is 11.2. The Hall–Kier alpha value is -1.85. The molecule has 1 heterocycles. The van der Waals surface area contributed by atoms with Gasteiger partial charge in [-0.15, -0.1) is 0 Å². The molecule has 0 aromatic carbocycles. The topological polar surface area (TPSA) is 95.1 Å². The highest BCUT2D eigenvalue weighted by molar-refractivity contribution is 5.78. The van der Waals surface area contributed by atoms with Gasteiger partial charge in [-0.1, -0.05) is 0 Å². The number of anilines is 1. The first-order chi connectivity index (χ1) is 7.14. The van der Waals surface area contributed by atoms with Crippen molar-refractivity contribution in [1.82, 2.24) is 9.97 Å². The van der Waals surface area contributed by atoms with Gasteiger partial charge in [0.25, 0.3) is 5.56 Å². The van der Waals surface area contributed by atoms with E-state index in [0.29, 0.717) is 12.8 Å². The summed E-state index contributed by atoms with van der Waals surface area (Å²) < 4.78 is 0. The maximum atomic E-state index is 11.2. The number of hydrogen-bond acceptors (Lipinski definition) is 4. The molecular formula is C9H11N3O3. The molecule has 1 aromatic heterocycles. The molecule has 6 heteroatoms. The lowest BCUT2D eigenvalue weighted by Gasteiger charge is -2.10. The van der Waals surface area contributed by atoms with Gasteiger partial charge in [0.1, 0.15) is 0 Å². The number of aromatic nitrogens is 2. The van der Waals surface area contributed by atoms with Crippen LogP contribution in [0.25, 0.3) is 0 Å². The molecule has 0 bridgehead atoms. The van der Waals surface area contributed by atoms with Crippen LogP contribution in [0.5, 0.6) is 0 Å². The van der Waals surface area contributed by atoms with Crippen LogP contribution in [0.1, 0.15) is 12.8 Å². The minimum atomic E-state index is -0.817. The van der Waals surface area contributed by atoms with Crippen LogP contribution in [0.3, 0.4) is 0 Å². The Labute approximate surface area is 85.4 Å². The first-order valence-corrected chi connectivity index (χ1v) is 4.65. The molecule has 1 aromatic rings. The van der Waals surface area contributed by atoms with Crippen LogP contribution < -0.4 is 10.9 Å². The first-order valence-electron chi connectivity index (χ1n) is 4.65. The highest BCUT2D eigenvalue weighted by Gasteiger charge is 2.50. The fourth-order valence-corrected chi connectivity index (χ4v) is 1.35. The van der Waals surface area contributed by atoms with E-state index in [-0.39, 0.29) is 17.9 Å². The van der Waals surface area contributed by atoms with Crippen LogP contribution in [-0.2, 0) is 4.79 Å². The largest absolute Gasteiger partial charge is 0.481 e. The summed E-state index contributed by atoms with van der Waals surface area (Å²) in [4.78, 5) is 28.3. The van der Waals surface area contributed by atoms with E-state index in [2.05, 4.69) is 15.3 Å². The molecule has 1 fully saturated rings. The molecule has 80 valence electrons. The molecule has 1 aliphatic rings. The van der Waals surface area contributed by atoms with Crippen LogP contribution in [0, 0.1) is 5.41 Å². The highest BCUT2D eigenvalue weighted by atomic mass is 16.4. The van der Waals surface area contributed by atoms with E-state index in [1.807, 2.05) is 0 Å². The van der Waals surface area contributed by atoms with Crippen LogP contribution in [0.2, 0.25) is 0 Å². The van der Waals surface area contributed by atoms with Gasteiger partial charge in [0.15, 0.2) is 5.82 Å². The number of H-pyrrole nitrogens is 1. The third-order valence-electron chi connectivity index (χ3n) is 2.61. The van der Waals surface area contributed by atoms with E-state index in [9.17, 15) is 9.59 Å². The molecule has 1 aliphatic carbocycles. The number of aromatic amines is 1. The Balaban J connectivity index is 2.03. The zero-order valence-corrected chi connectivity index (χ0v) is 7.99. The predicted molar refractivity (Wildman–Crippen MR) is 52.7 cm³/mol. The van der Waals surface area contributed by atoms with Crippen LogP contribution in [0.4, 0.5) is 5.82 Å². The second-order valence-corrected chi connectivity index (χ2v) is 3.71. The Morgan fingerprint density at radius 2 is 2.40 bits per heavy atom. The quantitative estimate of drug-likeness (QED) is 0.651. The van der Waals surface area contributed by atoms with Gasteiger partial charge in [-0.3, -0.25) is 9.59 Å². The lowest BCUT2D eigenvalue weighted by molar-refractivity contribution is -0.142. The third kappa shape index (κ3) is 1.83. The lowest BCUT2D eigenvalue weighted by Crippen LogP contribution is -2.27. The molecule has 1 saturated carbocycles. The first kappa shape index (κ1) is 9.70. The average molecular weight is 209 g/mol. The molecular weight excluding hydrogens is 198 g/mol.